The highest BCUT2D eigenvalue weighted by atomic mass is 16.5. The van der Waals surface area contributed by atoms with Crippen LogP contribution >= 0.6 is 0 Å². The van der Waals surface area contributed by atoms with Gasteiger partial charge in [0.05, 0.1) is 7.11 Å². The maximum Gasteiger partial charge on any atom is 0.328 e. The number of hydrogen-bond donors (Lipinski definition) is 2. The molecule has 0 aliphatic heterocycles. The second kappa shape index (κ2) is 8.07. The van der Waals surface area contributed by atoms with E-state index in [9.17, 15) is 14.7 Å². The van der Waals surface area contributed by atoms with Crippen molar-refractivity contribution in [3.63, 3.8) is 0 Å². The first-order valence-electron chi connectivity index (χ1n) is 8.79. The zero-order valence-corrected chi connectivity index (χ0v) is 15.3. The quantitative estimate of drug-likeness (QED) is 0.782. The standard InChI is InChI=1S/C20H22N2O5/c1-12(22-19(24)17-18(23)16(26-2)9-10-21-17)20(25)27-15-8-7-13-5-3-4-6-14(13)11-15/h3-6,9-10,12,15,23H,7-8,11H2,1-2H3,(H,22,24)/t12-,15?/m0/s1. The molecule has 0 radical (unpaired) electrons. The van der Waals surface area contributed by atoms with Crippen LogP contribution in [0.1, 0.15) is 35.0 Å². The molecule has 0 bridgehead atoms. The second-order valence-corrected chi connectivity index (χ2v) is 6.48. The molecular weight excluding hydrogens is 348 g/mol. The minimum absolute atomic E-state index is 0.131. The van der Waals surface area contributed by atoms with E-state index in [-0.39, 0.29) is 23.3 Å². The van der Waals surface area contributed by atoms with E-state index >= 15 is 0 Å². The molecule has 1 amide bonds. The van der Waals surface area contributed by atoms with Crippen molar-refractivity contribution >= 4 is 11.9 Å². The lowest BCUT2D eigenvalue weighted by atomic mass is 9.90. The SMILES string of the molecule is COc1ccnc(C(=O)N[C@@H](C)C(=O)OC2CCc3ccccc3C2)c1O. The fraction of sp³-hybridized carbons (Fsp3) is 0.350. The van der Waals surface area contributed by atoms with Crippen LogP contribution in [0.3, 0.4) is 0 Å². The summed E-state index contributed by atoms with van der Waals surface area (Å²) >= 11 is 0. The number of carbonyl (C=O) groups is 2. The van der Waals surface area contributed by atoms with Crippen molar-refractivity contribution in [3.05, 3.63) is 53.3 Å². The van der Waals surface area contributed by atoms with Crippen LogP contribution in [0.2, 0.25) is 0 Å². The number of fused-ring (bicyclic) bond motifs is 1. The summed E-state index contributed by atoms with van der Waals surface area (Å²) in [4.78, 5) is 28.5. The Morgan fingerprint density at radius 3 is 2.74 bits per heavy atom. The van der Waals surface area contributed by atoms with Gasteiger partial charge in [-0.15, -0.1) is 0 Å². The number of aromatic nitrogens is 1. The molecule has 1 heterocycles. The first-order chi connectivity index (χ1) is 13.0. The van der Waals surface area contributed by atoms with Gasteiger partial charge in [-0.2, -0.15) is 0 Å². The predicted octanol–water partition coefficient (Wildman–Crippen LogP) is 2.01. The average Bonchev–Trinajstić information content (AvgIpc) is 2.67. The van der Waals surface area contributed by atoms with Crippen LogP contribution in [0.15, 0.2) is 36.5 Å². The van der Waals surface area contributed by atoms with Gasteiger partial charge in [0.1, 0.15) is 12.1 Å². The smallest absolute Gasteiger partial charge is 0.328 e. The highest BCUT2D eigenvalue weighted by molar-refractivity contribution is 5.97. The molecule has 142 valence electrons. The maximum atomic E-state index is 12.4. The molecule has 1 unspecified atom stereocenters. The molecule has 2 N–H and O–H groups in total. The Bertz CT molecular complexity index is 852. The lowest BCUT2D eigenvalue weighted by Crippen LogP contribution is -2.42. The van der Waals surface area contributed by atoms with Gasteiger partial charge >= 0.3 is 5.97 Å². The number of nitrogens with zero attached hydrogens (tertiary/aromatic N) is 1. The van der Waals surface area contributed by atoms with E-state index in [1.54, 1.807) is 0 Å². The highest BCUT2D eigenvalue weighted by Crippen LogP contribution is 2.27. The molecule has 0 saturated heterocycles. The molecule has 0 spiro atoms. The zero-order valence-electron chi connectivity index (χ0n) is 15.3. The van der Waals surface area contributed by atoms with E-state index in [0.29, 0.717) is 6.42 Å². The van der Waals surface area contributed by atoms with Crippen LogP contribution in [0.25, 0.3) is 0 Å². The van der Waals surface area contributed by atoms with Gasteiger partial charge in [-0.25, -0.2) is 9.78 Å². The minimum Gasteiger partial charge on any atom is -0.503 e. The fourth-order valence-electron chi connectivity index (χ4n) is 3.12. The lowest BCUT2D eigenvalue weighted by Gasteiger charge is -2.26. The van der Waals surface area contributed by atoms with E-state index in [0.717, 1.165) is 12.8 Å². The van der Waals surface area contributed by atoms with E-state index in [1.165, 1.54) is 37.4 Å². The predicted molar refractivity (Wildman–Crippen MR) is 97.7 cm³/mol. The molecule has 2 aromatic rings. The Kier molecular flexibility index (Phi) is 5.59. The number of nitrogens with one attached hydrogen (secondary N) is 1. The van der Waals surface area contributed by atoms with Crippen LogP contribution in [0.4, 0.5) is 0 Å². The Balaban J connectivity index is 1.59. The maximum absolute atomic E-state index is 12.4. The van der Waals surface area contributed by atoms with Crippen LogP contribution in [0.5, 0.6) is 11.5 Å². The van der Waals surface area contributed by atoms with Crippen LogP contribution in [-0.2, 0) is 22.4 Å². The zero-order chi connectivity index (χ0) is 19.4. The molecule has 0 saturated carbocycles. The van der Waals surface area contributed by atoms with Gasteiger partial charge in [0, 0.05) is 18.7 Å². The average molecular weight is 370 g/mol. The third-order valence-electron chi connectivity index (χ3n) is 4.61. The summed E-state index contributed by atoms with van der Waals surface area (Å²) in [5, 5.41) is 12.5. The summed E-state index contributed by atoms with van der Waals surface area (Å²) in [5.74, 6) is -1.44. The monoisotopic (exact) mass is 370 g/mol. The molecular formula is C20H22N2O5. The fourth-order valence-corrected chi connectivity index (χ4v) is 3.12. The third-order valence-corrected chi connectivity index (χ3v) is 4.61. The first kappa shape index (κ1) is 18.7. The molecule has 0 fully saturated rings. The summed E-state index contributed by atoms with van der Waals surface area (Å²) in [7, 11) is 1.37. The van der Waals surface area contributed by atoms with Gasteiger partial charge in [0.15, 0.2) is 17.2 Å². The number of ether oxygens (including phenoxy) is 2. The lowest BCUT2D eigenvalue weighted by molar-refractivity contribution is -0.151. The number of carbonyl (C=O) groups excluding carboxylic acids is 2. The Hall–Kier alpha value is -3.09. The van der Waals surface area contributed by atoms with Crippen molar-refractivity contribution < 1.29 is 24.2 Å². The normalized spacial score (nSPS) is 16.7. The van der Waals surface area contributed by atoms with Gasteiger partial charge in [-0.1, -0.05) is 24.3 Å². The van der Waals surface area contributed by atoms with Gasteiger partial charge in [-0.3, -0.25) is 4.79 Å². The van der Waals surface area contributed by atoms with Crippen molar-refractivity contribution in [1.82, 2.24) is 10.3 Å². The van der Waals surface area contributed by atoms with Crippen molar-refractivity contribution in [2.45, 2.75) is 38.3 Å². The van der Waals surface area contributed by atoms with Gasteiger partial charge in [-0.05, 0) is 30.9 Å². The summed E-state index contributed by atoms with van der Waals surface area (Å²) in [5.41, 5.74) is 2.26. The second-order valence-electron chi connectivity index (χ2n) is 6.48. The summed E-state index contributed by atoms with van der Waals surface area (Å²) in [6, 6.07) is 8.67. The molecule has 2 atom stereocenters. The van der Waals surface area contributed by atoms with E-state index < -0.39 is 17.9 Å². The van der Waals surface area contributed by atoms with Gasteiger partial charge in [0.2, 0.25) is 0 Å². The first-order valence-corrected chi connectivity index (χ1v) is 8.79. The number of amides is 1. The molecule has 3 rings (SSSR count). The summed E-state index contributed by atoms with van der Waals surface area (Å²) < 4.78 is 10.5. The Labute approximate surface area is 157 Å². The van der Waals surface area contributed by atoms with Gasteiger partial charge in [0.25, 0.3) is 5.91 Å². The van der Waals surface area contributed by atoms with Gasteiger partial charge < -0.3 is 19.9 Å². The molecule has 27 heavy (non-hydrogen) atoms. The molecule has 7 heteroatoms. The van der Waals surface area contributed by atoms with Crippen LogP contribution in [0, 0.1) is 0 Å². The number of pyridine rings is 1. The largest absolute Gasteiger partial charge is 0.503 e. The van der Waals surface area contributed by atoms with Crippen molar-refractivity contribution in [3.8, 4) is 11.5 Å². The van der Waals surface area contributed by atoms with Crippen molar-refractivity contribution in [2.24, 2.45) is 0 Å². The topological polar surface area (TPSA) is 97.8 Å². The van der Waals surface area contributed by atoms with E-state index in [2.05, 4.69) is 16.4 Å². The summed E-state index contributed by atoms with van der Waals surface area (Å²) in [6.07, 6.45) is 3.41. The molecule has 7 nitrogen and oxygen atoms in total. The minimum atomic E-state index is -0.873. The van der Waals surface area contributed by atoms with Crippen LogP contribution < -0.4 is 10.1 Å². The number of hydrogen-bond acceptors (Lipinski definition) is 6. The van der Waals surface area contributed by atoms with Crippen LogP contribution in [-0.4, -0.2) is 41.2 Å². The Morgan fingerprint density at radius 1 is 1.26 bits per heavy atom. The highest BCUT2D eigenvalue weighted by Gasteiger charge is 2.26. The number of methoxy groups -OCH3 is 1. The number of aromatic hydroxyl groups is 1. The molecule has 1 aromatic heterocycles. The molecule has 1 aliphatic carbocycles. The number of rotatable bonds is 5. The summed E-state index contributed by atoms with van der Waals surface area (Å²) in [6.45, 7) is 1.54. The van der Waals surface area contributed by atoms with Crippen molar-refractivity contribution in [2.75, 3.05) is 7.11 Å². The molecule has 1 aromatic carbocycles. The van der Waals surface area contributed by atoms with E-state index in [1.807, 2.05) is 18.2 Å². The number of benzene rings is 1. The van der Waals surface area contributed by atoms with E-state index in [4.69, 9.17) is 9.47 Å². The number of esters is 1. The number of aryl methyl sites for hydroxylation is 1. The molecule has 1 aliphatic rings. The van der Waals surface area contributed by atoms with Crippen molar-refractivity contribution in [1.29, 1.82) is 0 Å². The third kappa shape index (κ3) is 4.19. The Morgan fingerprint density at radius 2 is 2.00 bits per heavy atom.